The predicted octanol–water partition coefficient (Wildman–Crippen LogP) is 2.66. The normalized spacial score (nSPS) is 23.1. The smallest absolute Gasteiger partial charge is 0.241 e. The van der Waals surface area contributed by atoms with E-state index >= 15 is 0 Å². The number of carbonyl (C=O) groups excluding carboxylic acids is 2. The first kappa shape index (κ1) is 21.2. The Morgan fingerprint density at radius 2 is 1.83 bits per heavy atom. The average molecular weight is 417 g/mol. The largest absolute Gasteiger partial charge is 0.340 e. The summed E-state index contributed by atoms with van der Waals surface area (Å²) in [6.45, 7) is 6.47. The molecule has 0 radical (unpaired) electrons. The van der Waals surface area contributed by atoms with Gasteiger partial charge in [-0.05, 0) is 62.4 Å². The van der Waals surface area contributed by atoms with Crippen molar-refractivity contribution in [1.82, 2.24) is 15.1 Å². The van der Waals surface area contributed by atoms with Crippen molar-refractivity contribution in [2.45, 2.75) is 58.0 Å². The van der Waals surface area contributed by atoms with E-state index in [0.29, 0.717) is 18.1 Å². The van der Waals surface area contributed by atoms with Crippen molar-refractivity contribution in [2.24, 2.45) is 5.92 Å². The Morgan fingerprint density at radius 3 is 2.50 bits per heavy atom. The van der Waals surface area contributed by atoms with Crippen LogP contribution in [-0.2, 0) is 16.1 Å². The Kier molecular flexibility index (Phi) is 6.68. The number of hydrogen-bond donors (Lipinski definition) is 2. The minimum absolute atomic E-state index is 0.0915. The first-order chi connectivity index (χ1) is 14.5. The lowest BCUT2D eigenvalue weighted by Gasteiger charge is -2.36. The van der Waals surface area contributed by atoms with Crippen LogP contribution in [0.15, 0.2) is 12.1 Å². The first-order valence-electron chi connectivity index (χ1n) is 11.4. The monoisotopic (exact) mass is 416 g/mol. The van der Waals surface area contributed by atoms with Crippen LogP contribution in [0.25, 0.3) is 0 Å². The van der Waals surface area contributed by atoms with Gasteiger partial charge in [-0.1, -0.05) is 12.8 Å². The molecule has 1 saturated carbocycles. The minimum Gasteiger partial charge on any atom is -0.340 e. The highest BCUT2D eigenvalue weighted by Crippen LogP contribution is 2.28. The number of benzene rings is 1. The molecule has 6 nitrogen and oxygen atoms in total. The molecule has 2 aliphatic heterocycles. The fraction of sp³-hybridized carbons (Fsp3) is 0.652. The fourth-order valence-corrected chi connectivity index (χ4v) is 4.96. The number of hydrogen-bond acceptors (Lipinski definition) is 4. The Labute approximate surface area is 178 Å². The molecule has 2 amide bonds. The lowest BCUT2D eigenvalue weighted by atomic mass is 10.0. The van der Waals surface area contributed by atoms with Gasteiger partial charge in [0.2, 0.25) is 11.8 Å². The molecule has 1 aromatic rings. The molecule has 7 heteroatoms. The second-order valence-electron chi connectivity index (χ2n) is 8.96. The van der Waals surface area contributed by atoms with Gasteiger partial charge in [0, 0.05) is 44.3 Å². The van der Waals surface area contributed by atoms with Gasteiger partial charge in [-0.2, -0.15) is 0 Å². The predicted molar refractivity (Wildman–Crippen MR) is 115 cm³/mol. The molecule has 30 heavy (non-hydrogen) atoms. The summed E-state index contributed by atoms with van der Waals surface area (Å²) in [5, 5.41) is 6.09. The molecule has 0 spiro atoms. The van der Waals surface area contributed by atoms with Gasteiger partial charge in [0.15, 0.2) is 0 Å². The van der Waals surface area contributed by atoms with Crippen LogP contribution < -0.4 is 10.6 Å². The molecule has 2 N–H and O–H groups in total. The zero-order chi connectivity index (χ0) is 21.1. The van der Waals surface area contributed by atoms with Gasteiger partial charge in [0.25, 0.3) is 0 Å². The molecule has 3 aliphatic rings. The van der Waals surface area contributed by atoms with E-state index in [1.807, 2.05) is 11.8 Å². The van der Waals surface area contributed by atoms with Crippen molar-refractivity contribution in [2.75, 3.05) is 38.0 Å². The fourth-order valence-electron chi connectivity index (χ4n) is 4.96. The van der Waals surface area contributed by atoms with Crippen molar-refractivity contribution < 1.29 is 14.0 Å². The average Bonchev–Trinajstić information content (AvgIpc) is 3.45. The molecule has 4 rings (SSSR count). The summed E-state index contributed by atoms with van der Waals surface area (Å²) < 4.78 is 14.3. The van der Waals surface area contributed by atoms with Crippen LogP contribution >= 0.6 is 0 Å². The summed E-state index contributed by atoms with van der Waals surface area (Å²) in [7, 11) is 0. The van der Waals surface area contributed by atoms with Crippen molar-refractivity contribution in [3.05, 3.63) is 29.1 Å². The second-order valence-corrected chi connectivity index (χ2v) is 8.96. The number of amides is 2. The van der Waals surface area contributed by atoms with E-state index in [-0.39, 0.29) is 23.7 Å². The zero-order valence-corrected chi connectivity index (χ0v) is 17.9. The Balaban J connectivity index is 1.36. The number of nitrogens with zero attached hydrogens (tertiary/aromatic N) is 2. The second kappa shape index (κ2) is 9.43. The quantitative estimate of drug-likeness (QED) is 0.775. The standard InChI is InChI=1S/C23H33FN4O2/c1-16-18(13-19(24)14-21(16)26-22(29)20-7-4-8-25-20)15-27-9-11-28(12-10-27)23(30)17-5-2-3-6-17/h13-14,17,20,25H,2-12,15H2,1H3,(H,26,29)/t20-/m1/s1. The van der Waals surface area contributed by atoms with Gasteiger partial charge in [-0.15, -0.1) is 0 Å². The third kappa shape index (κ3) is 4.83. The number of rotatable bonds is 5. The highest BCUT2D eigenvalue weighted by Gasteiger charge is 2.29. The highest BCUT2D eigenvalue weighted by atomic mass is 19.1. The lowest BCUT2D eigenvalue weighted by Crippen LogP contribution is -2.49. The van der Waals surface area contributed by atoms with E-state index in [1.54, 1.807) is 6.07 Å². The summed E-state index contributed by atoms with van der Waals surface area (Å²) in [6.07, 6.45) is 6.21. The van der Waals surface area contributed by atoms with Crippen LogP contribution in [0.1, 0.15) is 49.7 Å². The number of anilines is 1. The van der Waals surface area contributed by atoms with Gasteiger partial charge in [0.05, 0.1) is 6.04 Å². The van der Waals surface area contributed by atoms with Crippen molar-refractivity contribution >= 4 is 17.5 Å². The topological polar surface area (TPSA) is 64.7 Å². The molecule has 3 fully saturated rings. The van der Waals surface area contributed by atoms with Crippen molar-refractivity contribution in [3.8, 4) is 0 Å². The third-order valence-electron chi connectivity index (χ3n) is 6.90. The molecule has 2 heterocycles. The molecule has 0 bridgehead atoms. The lowest BCUT2D eigenvalue weighted by molar-refractivity contribution is -0.137. The van der Waals surface area contributed by atoms with E-state index in [2.05, 4.69) is 15.5 Å². The maximum atomic E-state index is 14.3. The molecular formula is C23H33FN4O2. The third-order valence-corrected chi connectivity index (χ3v) is 6.90. The van der Waals surface area contributed by atoms with Crippen LogP contribution in [0, 0.1) is 18.7 Å². The SMILES string of the molecule is Cc1c(CN2CCN(C(=O)C3CCCC3)CC2)cc(F)cc1NC(=O)[C@H]1CCCN1. The van der Waals surface area contributed by atoms with E-state index in [1.165, 1.54) is 18.9 Å². The Bertz CT molecular complexity index is 780. The summed E-state index contributed by atoms with van der Waals surface area (Å²) >= 11 is 0. The van der Waals surface area contributed by atoms with Crippen LogP contribution in [0.5, 0.6) is 0 Å². The van der Waals surface area contributed by atoms with Gasteiger partial charge in [-0.3, -0.25) is 14.5 Å². The summed E-state index contributed by atoms with van der Waals surface area (Å²) in [5.41, 5.74) is 2.35. The summed E-state index contributed by atoms with van der Waals surface area (Å²) in [4.78, 5) is 29.4. The van der Waals surface area contributed by atoms with Gasteiger partial charge in [0.1, 0.15) is 5.82 Å². The molecule has 2 saturated heterocycles. The van der Waals surface area contributed by atoms with E-state index in [9.17, 15) is 14.0 Å². The van der Waals surface area contributed by atoms with Crippen LogP contribution in [0.2, 0.25) is 0 Å². The summed E-state index contributed by atoms with van der Waals surface area (Å²) in [6, 6.07) is 2.78. The maximum absolute atomic E-state index is 14.3. The minimum atomic E-state index is -0.333. The number of piperazine rings is 1. The molecule has 0 unspecified atom stereocenters. The molecule has 1 aromatic carbocycles. The van der Waals surface area contributed by atoms with Crippen LogP contribution in [0.3, 0.4) is 0 Å². The zero-order valence-electron chi connectivity index (χ0n) is 17.9. The van der Waals surface area contributed by atoms with Crippen LogP contribution in [-0.4, -0.2) is 60.4 Å². The van der Waals surface area contributed by atoms with Crippen molar-refractivity contribution in [1.29, 1.82) is 0 Å². The van der Waals surface area contributed by atoms with E-state index < -0.39 is 0 Å². The molecular weight excluding hydrogens is 383 g/mol. The molecule has 164 valence electrons. The van der Waals surface area contributed by atoms with E-state index in [4.69, 9.17) is 0 Å². The Hall–Kier alpha value is -1.99. The number of nitrogens with one attached hydrogen (secondary N) is 2. The number of halogens is 1. The van der Waals surface area contributed by atoms with Gasteiger partial charge in [-0.25, -0.2) is 4.39 Å². The maximum Gasteiger partial charge on any atom is 0.241 e. The molecule has 0 aromatic heterocycles. The Morgan fingerprint density at radius 1 is 1.10 bits per heavy atom. The molecule has 1 aliphatic carbocycles. The highest BCUT2D eigenvalue weighted by molar-refractivity contribution is 5.95. The van der Waals surface area contributed by atoms with Crippen molar-refractivity contribution in [3.63, 3.8) is 0 Å². The van der Waals surface area contributed by atoms with Gasteiger partial charge >= 0.3 is 0 Å². The molecule has 1 atom stereocenters. The van der Waals surface area contributed by atoms with Gasteiger partial charge < -0.3 is 15.5 Å². The van der Waals surface area contributed by atoms with E-state index in [0.717, 1.165) is 69.5 Å². The first-order valence-corrected chi connectivity index (χ1v) is 11.4. The summed E-state index contributed by atoms with van der Waals surface area (Å²) in [5.74, 6) is 0.119. The number of carbonyl (C=O) groups is 2. The van der Waals surface area contributed by atoms with Crippen LogP contribution in [0.4, 0.5) is 10.1 Å².